The van der Waals surface area contributed by atoms with Gasteiger partial charge in [-0.15, -0.1) is 0 Å². The molecular weight excluding hydrogens is 576 g/mol. The van der Waals surface area contributed by atoms with Crippen molar-refractivity contribution in [3.8, 4) is 5.75 Å². The molecule has 2 bridgehead atoms. The van der Waals surface area contributed by atoms with Gasteiger partial charge in [0.2, 0.25) is 23.3 Å². The molecule has 5 N–H and O–H groups in total. The Bertz CT molecular complexity index is 1400. The Morgan fingerprint density at radius 3 is 2.47 bits per heavy atom. The lowest BCUT2D eigenvalue weighted by atomic mass is 9.77. The smallest absolute Gasteiger partial charge is 0.433 e. The zero-order valence-corrected chi connectivity index (χ0v) is 23.9. The molecule has 234 valence electrons. The molecule has 3 aliphatic heterocycles. The number of carbonyl (C=O) groups is 4. The third-order valence-corrected chi connectivity index (χ3v) is 10.0. The van der Waals surface area contributed by atoms with Crippen molar-refractivity contribution in [3.63, 3.8) is 0 Å². The van der Waals surface area contributed by atoms with Crippen molar-refractivity contribution in [3.05, 3.63) is 17.8 Å². The van der Waals surface area contributed by atoms with E-state index in [9.17, 15) is 32.3 Å². The number of nitrogens with one attached hydrogen (secondary N) is 1. The summed E-state index contributed by atoms with van der Waals surface area (Å²) >= 11 is 0. The van der Waals surface area contributed by atoms with Crippen LogP contribution in [0, 0.1) is 29.1 Å². The first-order valence-corrected chi connectivity index (χ1v) is 14.3. The van der Waals surface area contributed by atoms with E-state index >= 15 is 4.39 Å². The maximum Gasteiger partial charge on any atom is 0.433 e. The number of alkyl halides is 4. The van der Waals surface area contributed by atoms with Gasteiger partial charge in [-0.3, -0.25) is 19.2 Å². The van der Waals surface area contributed by atoms with Gasteiger partial charge in [0.25, 0.3) is 5.91 Å². The SMILES string of the molecule is CC(C)(C)[C@H](N)C(=O)N1C[C@@H]2[C@H]3C[C@@H]([C@@H]2[C@H]1C(=O)N1C[C@@]2(C[C@H]1C(N)=O)Oc1ccc(C(F)(F)F)nc1NC2=O)[C@H](F)C3. The van der Waals surface area contributed by atoms with Crippen molar-refractivity contribution in [1.29, 1.82) is 0 Å². The van der Waals surface area contributed by atoms with Gasteiger partial charge in [0.15, 0.2) is 11.6 Å². The predicted octanol–water partition coefficient (Wildman–Crippen LogP) is 1.45. The summed E-state index contributed by atoms with van der Waals surface area (Å²) in [7, 11) is 0. The lowest BCUT2D eigenvalue weighted by Gasteiger charge is -2.38. The number of aromatic nitrogens is 1. The molecule has 0 radical (unpaired) electrons. The monoisotopic (exact) mass is 610 g/mol. The fourth-order valence-corrected chi connectivity index (χ4v) is 7.82. The quantitative estimate of drug-likeness (QED) is 0.437. The standard InChI is InChI=1S/C28H34F4N6O5/c1-26(2,3)20(33)24(41)37-9-13-11-6-12(14(29)7-11)18(13)19(37)23(40)38-10-27(8-15(38)21(34)39)25(42)36-22-16(43-27)4-5-17(35-22)28(30,31)32/h4-5,11-15,18-20H,6-10,33H2,1-3H3,(H2,34,39)(H,35,36,42)/t11-,12+,13+,14+,15-,18-,19-,20+,27+/m0/s1. The molecule has 2 saturated heterocycles. The number of likely N-dealkylation sites (tertiary alicyclic amines) is 2. The first-order valence-electron chi connectivity index (χ1n) is 14.3. The lowest BCUT2D eigenvalue weighted by Crippen LogP contribution is -2.59. The molecule has 4 amide bonds. The maximum atomic E-state index is 15.1. The third kappa shape index (κ3) is 4.52. The molecule has 11 nitrogen and oxygen atoms in total. The van der Waals surface area contributed by atoms with E-state index in [1.54, 1.807) is 20.8 Å². The average Bonchev–Trinajstić information content (AvgIpc) is 3.66. The average molecular weight is 611 g/mol. The topological polar surface area (TPSA) is 161 Å². The van der Waals surface area contributed by atoms with Crippen LogP contribution in [0.4, 0.5) is 23.4 Å². The van der Waals surface area contributed by atoms with Crippen molar-refractivity contribution in [2.45, 2.75) is 76.1 Å². The van der Waals surface area contributed by atoms with E-state index in [0.717, 1.165) is 11.0 Å². The third-order valence-electron chi connectivity index (χ3n) is 10.0. The second-order valence-electron chi connectivity index (χ2n) is 13.6. The van der Waals surface area contributed by atoms with Gasteiger partial charge < -0.3 is 31.3 Å². The molecule has 43 heavy (non-hydrogen) atoms. The Kier molecular flexibility index (Phi) is 6.54. The maximum absolute atomic E-state index is 15.1. The van der Waals surface area contributed by atoms with Crippen LogP contribution in [0.5, 0.6) is 5.75 Å². The van der Waals surface area contributed by atoms with Gasteiger partial charge in [0.05, 0.1) is 12.6 Å². The van der Waals surface area contributed by atoms with Crippen molar-refractivity contribution < 1.29 is 41.5 Å². The lowest BCUT2D eigenvalue weighted by molar-refractivity contribution is -0.150. The summed E-state index contributed by atoms with van der Waals surface area (Å²) < 4.78 is 60.5. The first-order chi connectivity index (χ1) is 19.9. The minimum atomic E-state index is -4.77. The Morgan fingerprint density at radius 1 is 1.14 bits per heavy atom. The molecule has 2 aliphatic carbocycles. The molecule has 0 aromatic carbocycles. The van der Waals surface area contributed by atoms with Crippen LogP contribution in [-0.4, -0.2) is 81.4 Å². The number of nitrogens with two attached hydrogens (primary N) is 2. The Morgan fingerprint density at radius 2 is 1.84 bits per heavy atom. The van der Waals surface area contributed by atoms with Gasteiger partial charge in [-0.1, -0.05) is 20.8 Å². The Balaban J connectivity index is 1.34. The predicted molar refractivity (Wildman–Crippen MR) is 142 cm³/mol. The van der Waals surface area contributed by atoms with Crippen LogP contribution in [0.3, 0.4) is 0 Å². The van der Waals surface area contributed by atoms with Crippen LogP contribution in [-0.2, 0) is 25.4 Å². The number of hydrogen-bond acceptors (Lipinski definition) is 7. The molecule has 2 saturated carbocycles. The van der Waals surface area contributed by atoms with Crippen molar-refractivity contribution >= 4 is 29.4 Å². The van der Waals surface area contributed by atoms with Gasteiger partial charge in [0.1, 0.15) is 23.9 Å². The van der Waals surface area contributed by atoms with E-state index in [4.69, 9.17) is 16.2 Å². The molecule has 1 aromatic heterocycles. The summed E-state index contributed by atoms with van der Waals surface area (Å²) in [5.41, 5.74) is 8.27. The highest BCUT2D eigenvalue weighted by molar-refractivity contribution is 6.03. The summed E-state index contributed by atoms with van der Waals surface area (Å²) in [5, 5.41) is 2.32. The van der Waals surface area contributed by atoms with Crippen LogP contribution < -0.4 is 21.5 Å². The van der Waals surface area contributed by atoms with Gasteiger partial charge in [-0.2, -0.15) is 13.2 Å². The minimum Gasteiger partial charge on any atom is -0.472 e. The van der Waals surface area contributed by atoms with E-state index in [-0.39, 0.29) is 30.6 Å². The molecule has 1 spiro atoms. The molecular formula is C28H34F4N6O5. The highest BCUT2D eigenvalue weighted by Crippen LogP contribution is 2.59. The Labute approximate surface area is 244 Å². The number of halogens is 4. The van der Waals surface area contributed by atoms with Gasteiger partial charge in [-0.25, -0.2) is 9.37 Å². The number of primary amides is 1. The summed E-state index contributed by atoms with van der Waals surface area (Å²) in [6, 6.07) is -1.74. The largest absolute Gasteiger partial charge is 0.472 e. The molecule has 4 fully saturated rings. The van der Waals surface area contributed by atoms with Crippen molar-refractivity contribution in [1.82, 2.24) is 14.8 Å². The van der Waals surface area contributed by atoms with E-state index in [0.29, 0.717) is 18.9 Å². The fraction of sp³-hybridized carbons (Fsp3) is 0.679. The van der Waals surface area contributed by atoms with Crippen LogP contribution in [0.2, 0.25) is 0 Å². The number of rotatable bonds is 3. The second kappa shape index (κ2) is 9.50. The fourth-order valence-electron chi connectivity index (χ4n) is 7.82. The van der Waals surface area contributed by atoms with Gasteiger partial charge in [-0.05, 0) is 54.1 Å². The van der Waals surface area contributed by atoms with Crippen LogP contribution in [0.1, 0.15) is 45.7 Å². The van der Waals surface area contributed by atoms with E-state index in [2.05, 4.69) is 10.3 Å². The van der Waals surface area contributed by atoms with Crippen molar-refractivity contribution in [2.24, 2.45) is 40.6 Å². The number of hydrogen-bond donors (Lipinski definition) is 3. The zero-order valence-electron chi connectivity index (χ0n) is 23.9. The molecule has 0 unspecified atom stereocenters. The van der Waals surface area contributed by atoms with Crippen LogP contribution >= 0.6 is 0 Å². The summed E-state index contributed by atoms with van der Waals surface area (Å²) in [5.74, 6) is -4.68. The van der Waals surface area contributed by atoms with E-state index in [1.807, 2.05) is 0 Å². The number of pyridine rings is 1. The second-order valence-corrected chi connectivity index (χ2v) is 13.6. The van der Waals surface area contributed by atoms with Crippen LogP contribution in [0.25, 0.3) is 0 Å². The molecule has 15 heteroatoms. The molecule has 5 aliphatic rings. The Hall–Kier alpha value is -3.49. The first kappa shape index (κ1) is 29.6. The van der Waals surface area contributed by atoms with Crippen LogP contribution in [0.15, 0.2) is 12.1 Å². The van der Waals surface area contributed by atoms with Crippen molar-refractivity contribution in [2.75, 3.05) is 18.4 Å². The minimum absolute atomic E-state index is 0.00105. The summed E-state index contributed by atoms with van der Waals surface area (Å²) in [6.45, 7) is 5.12. The van der Waals surface area contributed by atoms with Gasteiger partial charge in [0, 0.05) is 13.0 Å². The molecule has 4 heterocycles. The molecule has 9 atom stereocenters. The number of nitrogens with zero attached hydrogens (tertiary/aromatic N) is 3. The summed E-state index contributed by atoms with van der Waals surface area (Å²) in [6.07, 6.45) is -5.34. The number of ether oxygens (including phenoxy) is 1. The number of anilines is 1. The van der Waals surface area contributed by atoms with E-state index in [1.165, 1.54) is 4.90 Å². The highest BCUT2D eigenvalue weighted by atomic mass is 19.4. The molecule has 6 rings (SSSR count). The number of amides is 4. The molecule has 1 aromatic rings. The summed E-state index contributed by atoms with van der Waals surface area (Å²) in [4.78, 5) is 60.1. The number of carbonyl (C=O) groups excluding carboxylic acids is 4. The zero-order chi connectivity index (χ0) is 31.4. The number of fused-ring (bicyclic) bond motifs is 6. The highest BCUT2D eigenvalue weighted by Gasteiger charge is 2.65. The van der Waals surface area contributed by atoms with Gasteiger partial charge >= 0.3 is 6.18 Å². The normalized spacial score (nSPS) is 35.4. The van der Waals surface area contributed by atoms with E-state index < -0.39 is 95.0 Å².